The van der Waals surface area contributed by atoms with Crippen molar-refractivity contribution in [2.45, 2.75) is 25.8 Å². The molecule has 1 nitrogen and oxygen atoms in total. The van der Waals surface area contributed by atoms with Crippen LogP contribution in [0.3, 0.4) is 0 Å². The first-order valence-corrected chi connectivity index (χ1v) is 4.98. The quantitative estimate of drug-likeness (QED) is 0.806. The normalized spacial score (nSPS) is 15.5. The van der Waals surface area contributed by atoms with Gasteiger partial charge in [-0.3, -0.25) is 0 Å². The molecule has 13 heavy (non-hydrogen) atoms. The summed E-state index contributed by atoms with van der Waals surface area (Å²) in [5.41, 5.74) is 6.57. The van der Waals surface area contributed by atoms with Crippen LogP contribution in [0.1, 0.15) is 25.8 Å². The molecule has 0 aliphatic heterocycles. The number of nitrogens with two attached hydrogens (primary N) is 1. The molecule has 0 spiro atoms. The van der Waals surface area contributed by atoms with Crippen LogP contribution < -0.4 is 5.73 Å². The van der Waals surface area contributed by atoms with Gasteiger partial charge in [0, 0.05) is 5.54 Å². The molecule has 0 fully saturated rings. The predicted octanol–water partition coefficient (Wildman–Crippen LogP) is 3.58. The minimum absolute atomic E-state index is 0.401. The summed E-state index contributed by atoms with van der Waals surface area (Å²) in [4.78, 5) is 0. The van der Waals surface area contributed by atoms with E-state index in [-0.39, 0.29) is 0 Å². The lowest BCUT2D eigenvalue weighted by atomic mass is 9.91. The second kappa shape index (κ2) is 3.87. The Hall–Kier alpha value is -0.240. The fraction of sp³-hybridized carbons (Fsp3) is 0.400. The van der Waals surface area contributed by atoms with Crippen LogP contribution >= 0.6 is 23.2 Å². The maximum atomic E-state index is 6.06. The highest BCUT2D eigenvalue weighted by Crippen LogP contribution is 2.33. The first kappa shape index (κ1) is 10.8. The minimum Gasteiger partial charge on any atom is -0.322 e. The summed E-state index contributed by atoms with van der Waals surface area (Å²) in [5.74, 6) is 0. The summed E-state index contributed by atoms with van der Waals surface area (Å²) >= 11 is 11.9. The van der Waals surface area contributed by atoms with E-state index >= 15 is 0 Å². The van der Waals surface area contributed by atoms with Crippen LogP contribution in [-0.4, -0.2) is 0 Å². The van der Waals surface area contributed by atoms with E-state index in [1.54, 1.807) is 6.07 Å². The maximum absolute atomic E-state index is 6.06. The second-order valence-corrected chi connectivity index (χ2v) is 4.16. The molecule has 3 heteroatoms. The number of rotatable bonds is 2. The molecule has 0 saturated carbocycles. The molecule has 0 amide bonds. The summed E-state index contributed by atoms with van der Waals surface area (Å²) in [6.45, 7) is 3.97. The van der Waals surface area contributed by atoms with Crippen LogP contribution in [0, 0.1) is 0 Å². The Morgan fingerprint density at radius 1 is 1.38 bits per heavy atom. The minimum atomic E-state index is -0.401. The largest absolute Gasteiger partial charge is 0.322 e. The van der Waals surface area contributed by atoms with Crippen LogP contribution in [0.4, 0.5) is 0 Å². The van der Waals surface area contributed by atoms with Gasteiger partial charge in [0.25, 0.3) is 0 Å². The van der Waals surface area contributed by atoms with Crippen molar-refractivity contribution in [3.63, 3.8) is 0 Å². The van der Waals surface area contributed by atoms with Crippen LogP contribution in [0.15, 0.2) is 18.2 Å². The van der Waals surface area contributed by atoms with E-state index in [2.05, 4.69) is 0 Å². The van der Waals surface area contributed by atoms with Gasteiger partial charge in [0.05, 0.1) is 10.0 Å². The van der Waals surface area contributed by atoms with Gasteiger partial charge in [-0.15, -0.1) is 0 Å². The molecule has 1 aromatic carbocycles. The number of benzene rings is 1. The van der Waals surface area contributed by atoms with Crippen molar-refractivity contribution < 1.29 is 0 Å². The van der Waals surface area contributed by atoms with Gasteiger partial charge in [0.15, 0.2) is 0 Å². The average molecular weight is 218 g/mol. The SMILES string of the molecule is CCC(C)(N)c1cccc(Cl)c1Cl. The highest BCUT2D eigenvalue weighted by atomic mass is 35.5. The molecule has 0 saturated heterocycles. The van der Waals surface area contributed by atoms with Crippen molar-refractivity contribution >= 4 is 23.2 Å². The van der Waals surface area contributed by atoms with E-state index in [9.17, 15) is 0 Å². The van der Waals surface area contributed by atoms with Gasteiger partial charge in [-0.05, 0) is 25.0 Å². The molecule has 0 aliphatic rings. The lowest BCUT2D eigenvalue weighted by Crippen LogP contribution is -2.32. The Balaban J connectivity index is 3.22. The molecule has 0 radical (unpaired) electrons. The topological polar surface area (TPSA) is 26.0 Å². The molecule has 72 valence electrons. The van der Waals surface area contributed by atoms with Crippen molar-refractivity contribution in [1.82, 2.24) is 0 Å². The van der Waals surface area contributed by atoms with Gasteiger partial charge in [-0.1, -0.05) is 42.3 Å². The van der Waals surface area contributed by atoms with Gasteiger partial charge in [-0.25, -0.2) is 0 Å². The zero-order valence-corrected chi connectivity index (χ0v) is 9.28. The molecule has 0 heterocycles. The Morgan fingerprint density at radius 2 is 2.00 bits per heavy atom. The molecule has 0 aliphatic carbocycles. The average Bonchev–Trinajstić information content (AvgIpc) is 2.09. The first-order chi connectivity index (χ1) is 5.99. The predicted molar refractivity (Wildman–Crippen MR) is 58.3 cm³/mol. The highest BCUT2D eigenvalue weighted by molar-refractivity contribution is 6.42. The standard InChI is InChI=1S/C10H13Cl2N/c1-3-10(2,13)7-5-4-6-8(11)9(7)12/h4-6H,3,13H2,1-2H3. The lowest BCUT2D eigenvalue weighted by molar-refractivity contribution is 0.477. The van der Waals surface area contributed by atoms with Crippen molar-refractivity contribution in [2.24, 2.45) is 5.73 Å². The van der Waals surface area contributed by atoms with Gasteiger partial charge >= 0.3 is 0 Å². The van der Waals surface area contributed by atoms with E-state index in [1.165, 1.54) is 0 Å². The van der Waals surface area contributed by atoms with E-state index in [0.717, 1.165) is 12.0 Å². The van der Waals surface area contributed by atoms with Crippen molar-refractivity contribution in [3.05, 3.63) is 33.8 Å². The third-order valence-electron chi connectivity index (χ3n) is 2.30. The fourth-order valence-corrected chi connectivity index (χ4v) is 1.65. The molecule has 0 bridgehead atoms. The molecule has 1 rings (SSSR count). The van der Waals surface area contributed by atoms with Crippen LogP contribution in [0.5, 0.6) is 0 Å². The first-order valence-electron chi connectivity index (χ1n) is 4.22. The number of hydrogen-bond acceptors (Lipinski definition) is 1. The fourth-order valence-electron chi connectivity index (χ4n) is 1.14. The van der Waals surface area contributed by atoms with E-state index in [4.69, 9.17) is 28.9 Å². The zero-order valence-electron chi connectivity index (χ0n) is 7.77. The maximum Gasteiger partial charge on any atom is 0.0642 e. The zero-order chi connectivity index (χ0) is 10.1. The van der Waals surface area contributed by atoms with Gasteiger partial charge in [-0.2, -0.15) is 0 Å². The van der Waals surface area contributed by atoms with E-state index < -0.39 is 5.54 Å². The van der Waals surface area contributed by atoms with Crippen LogP contribution in [-0.2, 0) is 5.54 Å². The van der Waals surface area contributed by atoms with E-state index in [1.807, 2.05) is 26.0 Å². The van der Waals surface area contributed by atoms with Crippen molar-refractivity contribution in [3.8, 4) is 0 Å². The van der Waals surface area contributed by atoms with Gasteiger partial charge < -0.3 is 5.73 Å². The van der Waals surface area contributed by atoms with Crippen LogP contribution in [0.25, 0.3) is 0 Å². The van der Waals surface area contributed by atoms with Gasteiger partial charge in [0.2, 0.25) is 0 Å². The summed E-state index contributed by atoms with van der Waals surface area (Å²) in [6.07, 6.45) is 0.826. The van der Waals surface area contributed by atoms with Crippen LogP contribution in [0.2, 0.25) is 10.0 Å². The number of hydrogen-bond donors (Lipinski definition) is 1. The lowest BCUT2D eigenvalue weighted by Gasteiger charge is -2.24. The molecule has 1 unspecified atom stereocenters. The summed E-state index contributed by atoms with van der Waals surface area (Å²) in [7, 11) is 0. The van der Waals surface area contributed by atoms with E-state index in [0.29, 0.717) is 10.0 Å². The Bertz CT molecular complexity index is 308. The third kappa shape index (κ3) is 2.16. The molecule has 0 aromatic heterocycles. The molecular formula is C10H13Cl2N. The summed E-state index contributed by atoms with van der Waals surface area (Å²) in [5, 5.41) is 1.13. The smallest absolute Gasteiger partial charge is 0.0642 e. The number of halogens is 2. The summed E-state index contributed by atoms with van der Waals surface area (Å²) in [6, 6.07) is 5.54. The molecular weight excluding hydrogens is 205 g/mol. The molecule has 2 N–H and O–H groups in total. The molecule has 1 aromatic rings. The summed E-state index contributed by atoms with van der Waals surface area (Å²) < 4.78 is 0. The Labute approximate surface area is 88.8 Å². The van der Waals surface area contributed by atoms with Crippen molar-refractivity contribution in [2.75, 3.05) is 0 Å². The second-order valence-electron chi connectivity index (χ2n) is 3.37. The third-order valence-corrected chi connectivity index (χ3v) is 3.12. The molecule has 1 atom stereocenters. The highest BCUT2D eigenvalue weighted by Gasteiger charge is 2.22. The Morgan fingerprint density at radius 3 is 2.54 bits per heavy atom. The monoisotopic (exact) mass is 217 g/mol. The van der Waals surface area contributed by atoms with Crippen molar-refractivity contribution in [1.29, 1.82) is 0 Å². The Kier molecular flexibility index (Phi) is 3.23. The van der Waals surface area contributed by atoms with Gasteiger partial charge in [0.1, 0.15) is 0 Å².